The van der Waals surface area contributed by atoms with Crippen LogP contribution >= 0.6 is 0 Å². The van der Waals surface area contributed by atoms with E-state index in [1.807, 2.05) is 0 Å². The third kappa shape index (κ3) is 1.99. The van der Waals surface area contributed by atoms with Crippen LogP contribution in [0.2, 0.25) is 0 Å². The van der Waals surface area contributed by atoms with Crippen LogP contribution in [-0.2, 0) is 4.74 Å². The molecule has 0 saturated carbocycles. The molecule has 1 aromatic heterocycles. The highest BCUT2D eigenvalue weighted by Gasteiger charge is 2.45. The first kappa shape index (κ1) is 11.9. The molecule has 2 rings (SSSR count). The fraction of sp³-hybridized carbons (Fsp3) is 0.625. The Kier molecular flexibility index (Phi) is 3.05. The van der Waals surface area contributed by atoms with E-state index in [-0.39, 0.29) is 5.95 Å². The van der Waals surface area contributed by atoms with Crippen LogP contribution in [0.1, 0.15) is 6.23 Å². The number of hydrogen-bond acceptors (Lipinski definition) is 7. The highest BCUT2D eigenvalue weighted by Crippen LogP contribution is 2.30. The Balaban J connectivity index is 2.32. The number of hydrogen-bond donors (Lipinski definition) is 3. The largest absolute Gasteiger partial charge is 0.394 e. The Morgan fingerprint density at radius 1 is 1.65 bits per heavy atom. The van der Waals surface area contributed by atoms with Gasteiger partial charge >= 0.3 is 5.69 Å². The van der Waals surface area contributed by atoms with E-state index in [1.165, 1.54) is 0 Å². The highest BCUT2D eigenvalue weighted by atomic mass is 19.1. The number of aliphatic hydroxyl groups is 2. The summed E-state index contributed by atoms with van der Waals surface area (Å²) >= 11 is 0. The summed E-state index contributed by atoms with van der Waals surface area (Å²) in [5.41, 5.74) is 4.35. The van der Waals surface area contributed by atoms with E-state index in [0.717, 1.165) is 10.9 Å². The van der Waals surface area contributed by atoms with Gasteiger partial charge in [-0.15, -0.1) is 0 Å². The van der Waals surface area contributed by atoms with Gasteiger partial charge in [0.1, 0.15) is 18.5 Å². The zero-order valence-corrected chi connectivity index (χ0v) is 8.60. The topological polar surface area (TPSA) is 123 Å². The van der Waals surface area contributed by atoms with Crippen molar-refractivity contribution >= 4 is 5.95 Å². The Bertz CT molecular complexity index is 467. The SMILES string of the molecule is Nc1ncn([C@@H]2O[C@H](CO)[C@@H](O)[C@@H]2F)c(=O)n1. The number of halogens is 1. The van der Waals surface area contributed by atoms with E-state index in [4.69, 9.17) is 15.6 Å². The van der Waals surface area contributed by atoms with Crippen molar-refractivity contribution in [2.45, 2.75) is 24.6 Å². The average molecular weight is 246 g/mol. The van der Waals surface area contributed by atoms with Crippen LogP contribution in [0.25, 0.3) is 0 Å². The van der Waals surface area contributed by atoms with E-state index in [9.17, 15) is 14.3 Å². The summed E-state index contributed by atoms with van der Waals surface area (Å²) in [7, 11) is 0. The van der Waals surface area contributed by atoms with E-state index in [1.54, 1.807) is 0 Å². The second kappa shape index (κ2) is 4.35. The van der Waals surface area contributed by atoms with Gasteiger partial charge in [0, 0.05) is 0 Å². The number of anilines is 1. The molecule has 0 bridgehead atoms. The number of nitrogens with zero attached hydrogens (tertiary/aromatic N) is 3. The van der Waals surface area contributed by atoms with Crippen molar-refractivity contribution in [3.8, 4) is 0 Å². The van der Waals surface area contributed by atoms with Gasteiger partial charge in [-0.2, -0.15) is 4.98 Å². The molecule has 4 atom stereocenters. The van der Waals surface area contributed by atoms with E-state index in [2.05, 4.69) is 9.97 Å². The monoisotopic (exact) mass is 246 g/mol. The summed E-state index contributed by atoms with van der Waals surface area (Å²) in [4.78, 5) is 18.3. The van der Waals surface area contributed by atoms with Crippen LogP contribution in [-0.4, -0.2) is 49.7 Å². The van der Waals surface area contributed by atoms with Crippen LogP contribution in [0.15, 0.2) is 11.1 Å². The van der Waals surface area contributed by atoms with Gasteiger partial charge in [-0.25, -0.2) is 14.2 Å². The number of alkyl halides is 1. The number of ether oxygens (including phenoxy) is 1. The van der Waals surface area contributed by atoms with Gasteiger partial charge in [0.2, 0.25) is 5.95 Å². The number of rotatable bonds is 2. The smallest absolute Gasteiger partial charge is 0.354 e. The quantitative estimate of drug-likeness (QED) is 0.541. The lowest BCUT2D eigenvalue weighted by molar-refractivity contribution is -0.0495. The first-order chi connectivity index (χ1) is 8.04. The van der Waals surface area contributed by atoms with Crippen LogP contribution < -0.4 is 11.4 Å². The minimum atomic E-state index is -1.85. The van der Waals surface area contributed by atoms with Crippen molar-refractivity contribution < 1.29 is 19.3 Å². The Morgan fingerprint density at radius 2 is 2.35 bits per heavy atom. The first-order valence-corrected chi connectivity index (χ1v) is 4.83. The molecule has 2 heterocycles. The predicted octanol–water partition coefficient (Wildman–Crippen LogP) is -2.19. The van der Waals surface area contributed by atoms with E-state index in [0.29, 0.717) is 0 Å². The molecule has 1 saturated heterocycles. The summed E-state index contributed by atoms with van der Waals surface area (Å²) < 4.78 is 19.4. The fourth-order valence-electron chi connectivity index (χ4n) is 1.61. The molecule has 94 valence electrons. The highest BCUT2D eigenvalue weighted by molar-refractivity contribution is 5.10. The summed E-state index contributed by atoms with van der Waals surface area (Å²) in [6.07, 6.45) is -4.82. The summed E-state index contributed by atoms with van der Waals surface area (Å²) in [5, 5.41) is 18.2. The Morgan fingerprint density at radius 3 is 2.88 bits per heavy atom. The standard InChI is InChI=1S/C8H11FN4O4/c9-4-5(15)3(1-14)17-6(4)13-2-11-7(10)12-8(13)16/h2-6,14-15H,1H2,(H2,10,12,16)/t3-,4+,5-,6-/m1/s1. The summed E-state index contributed by atoms with van der Waals surface area (Å²) in [6.45, 7) is -0.553. The molecule has 8 nitrogen and oxygen atoms in total. The van der Waals surface area contributed by atoms with Gasteiger partial charge in [0.05, 0.1) is 6.61 Å². The normalized spacial score (nSPS) is 32.9. The molecule has 0 unspecified atom stereocenters. The summed E-state index contributed by atoms with van der Waals surface area (Å²) in [6, 6.07) is 0. The van der Waals surface area contributed by atoms with Gasteiger partial charge in [-0.3, -0.25) is 4.57 Å². The maximum Gasteiger partial charge on any atom is 0.354 e. The zero-order chi connectivity index (χ0) is 12.6. The molecule has 0 spiro atoms. The van der Waals surface area contributed by atoms with Crippen LogP contribution in [0.3, 0.4) is 0 Å². The molecule has 0 aromatic carbocycles. The minimum absolute atomic E-state index is 0.237. The van der Waals surface area contributed by atoms with Crippen molar-refractivity contribution in [2.75, 3.05) is 12.3 Å². The van der Waals surface area contributed by atoms with Crippen LogP contribution in [0.5, 0.6) is 0 Å². The molecular weight excluding hydrogens is 235 g/mol. The van der Waals surface area contributed by atoms with Gasteiger partial charge in [-0.1, -0.05) is 0 Å². The Hall–Kier alpha value is -1.58. The van der Waals surface area contributed by atoms with Gasteiger partial charge in [0.15, 0.2) is 12.4 Å². The molecule has 4 N–H and O–H groups in total. The zero-order valence-electron chi connectivity index (χ0n) is 8.60. The van der Waals surface area contributed by atoms with Gasteiger partial charge in [-0.05, 0) is 0 Å². The van der Waals surface area contributed by atoms with Crippen molar-refractivity contribution in [3.63, 3.8) is 0 Å². The Labute approximate surface area is 94.5 Å². The molecule has 0 amide bonds. The lowest BCUT2D eigenvalue weighted by atomic mass is 10.1. The van der Waals surface area contributed by atoms with Crippen molar-refractivity contribution in [3.05, 3.63) is 16.8 Å². The molecule has 17 heavy (non-hydrogen) atoms. The first-order valence-electron chi connectivity index (χ1n) is 4.83. The molecule has 0 radical (unpaired) electrons. The average Bonchev–Trinajstić information content (AvgIpc) is 2.57. The number of nitrogen functional groups attached to an aromatic ring is 1. The minimum Gasteiger partial charge on any atom is -0.394 e. The molecule has 1 aliphatic heterocycles. The molecule has 1 aliphatic rings. The molecular formula is C8H11FN4O4. The second-order valence-electron chi connectivity index (χ2n) is 3.59. The van der Waals surface area contributed by atoms with Crippen molar-refractivity contribution in [2.24, 2.45) is 0 Å². The van der Waals surface area contributed by atoms with Crippen LogP contribution in [0.4, 0.5) is 10.3 Å². The number of nitrogens with two attached hydrogens (primary N) is 1. The molecule has 9 heteroatoms. The predicted molar refractivity (Wildman–Crippen MR) is 52.6 cm³/mol. The van der Waals surface area contributed by atoms with Crippen molar-refractivity contribution in [1.29, 1.82) is 0 Å². The molecule has 1 aromatic rings. The van der Waals surface area contributed by atoms with Gasteiger partial charge in [0.25, 0.3) is 0 Å². The molecule has 1 fully saturated rings. The fourth-order valence-corrected chi connectivity index (χ4v) is 1.61. The second-order valence-corrected chi connectivity index (χ2v) is 3.59. The summed E-state index contributed by atoms with van der Waals surface area (Å²) in [5.74, 6) is -0.237. The lowest BCUT2D eigenvalue weighted by Gasteiger charge is -2.14. The van der Waals surface area contributed by atoms with E-state index >= 15 is 0 Å². The van der Waals surface area contributed by atoms with Crippen molar-refractivity contribution in [1.82, 2.24) is 14.5 Å². The van der Waals surface area contributed by atoms with E-state index < -0.39 is 36.9 Å². The number of aromatic nitrogens is 3. The maximum atomic E-state index is 13.7. The van der Waals surface area contributed by atoms with Gasteiger partial charge < -0.3 is 20.7 Å². The third-order valence-electron chi connectivity index (χ3n) is 2.49. The maximum absolute atomic E-state index is 13.7. The molecule has 0 aliphatic carbocycles. The number of aliphatic hydroxyl groups excluding tert-OH is 2. The third-order valence-corrected chi connectivity index (χ3v) is 2.49. The van der Waals surface area contributed by atoms with Crippen LogP contribution in [0, 0.1) is 0 Å². The lowest BCUT2D eigenvalue weighted by Crippen LogP contribution is -2.34.